The summed E-state index contributed by atoms with van der Waals surface area (Å²) in [4.78, 5) is 4.52. The number of benzene rings is 1. The second-order valence-corrected chi connectivity index (χ2v) is 5.39. The average molecular weight is 254 g/mol. The predicted molar refractivity (Wildman–Crippen MR) is 82.5 cm³/mol. The van der Waals surface area contributed by atoms with E-state index in [0.29, 0.717) is 0 Å². The summed E-state index contributed by atoms with van der Waals surface area (Å²) in [7, 11) is 0. The first-order valence-corrected chi connectivity index (χ1v) is 6.64. The predicted octanol–water partition coefficient (Wildman–Crippen LogP) is 4.18. The molecule has 0 aliphatic carbocycles. The SMILES string of the molecule is Cc1ccnc(-c2c(C)c(C)c(C)c(C)c2C)c1N. The van der Waals surface area contributed by atoms with Crippen molar-refractivity contribution in [3.8, 4) is 11.3 Å². The van der Waals surface area contributed by atoms with Gasteiger partial charge in [0.1, 0.15) is 0 Å². The Bertz CT molecular complexity index is 626. The first-order valence-electron chi connectivity index (χ1n) is 6.64. The van der Waals surface area contributed by atoms with E-state index in [1.54, 1.807) is 0 Å². The molecule has 2 nitrogen and oxygen atoms in total. The molecule has 0 saturated heterocycles. The van der Waals surface area contributed by atoms with Crippen molar-refractivity contribution in [3.63, 3.8) is 0 Å². The van der Waals surface area contributed by atoms with Crippen molar-refractivity contribution in [2.75, 3.05) is 5.73 Å². The molecule has 2 rings (SSSR count). The lowest BCUT2D eigenvalue weighted by atomic mass is 9.87. The van der Waals surface area contributed by atoms with Gasteiger partial charge in [-0.05, 0) is 81.0 Å². The van der Waals surface area contributed by atoms with Gasteiger partial charge in [0.2, 0.25) is 0 Å². The molecule has 0 amide bonds. The Morgan fingerprint density at radius 1 is 0.789 bits per heavy atom. The van der Waals surface area contributed by atoms with Crippen LogP contribution in [0.5, 0.6) is 0 Å². The van der Waals surface area contributed by atoms with Crippen LogP contribution in [-0.2, 0) is 0 Å². The molecule has 0 bridgehead atoms. The van der Waals surface area contributed by atoms with E-state index < -0.39 is 0 Å². The molecule has 0 spiro atoms. The molecule has 19 heavy (non-hydrogen) atoms. The summed E-state index contributed by atoms with van der Waals surface area (Å²) in [6.45, 7) is 12.9. The van der Waals surface area contributed by atoms with E-state index in [0.717, 1.165) is 16.9 Å². The van der Waals surface area contributed by atoms with Crippen LogP contribution < -0.4 is 5.73 Å². The molecule has 1 heterocycles. The van der Waals surface area contributed by atoms with Crippen molar-refractivity contribution in [1.29, 1.82) is 0 Å². The first kappa shape index (κ1) is 13.6. The van der Waals surface area contributed by atoms with Crippen LogP contribution in [0.15, 0.2) is 12.3 Å². The Balaban J connectivity index is 2.87. The monoisotopic (exact) mass is 254 g/mol. The highest BCUT2D eigenvalue weighted by atomic mass is 14.7. The van der Waals surface area contributed by atoms with E-state index in [1.165, 1.54) is 33.4 Å². The van der Waals surface area contributed by atoms with E-state index in [1.807, 2.05) is 19.2 Å². The fourth-order valence-electron chi connectivity index (χ4n) is 2.62. The largest absolute Gasteiger partial charge is 0.397 e. The van der Waals surface area contributed by atoms with E-state index in [2.05, 4.69) is 39.6 Å². The van der Waals surface area contributed by atoms with Gasteiger partial charge in [-0.1, -0.05) is 0 Å². The molecular weight excluding hydrogens is 232 g/mol. The molecule has 2 heteroatoms. The van der Waals surface area contributed by atoms with Gasteiger partial charge in [-0.3, -0.25) is 4.98 Å². The highest BCUT2D eigenvalue weighted by Gasteiger charge is 2.17. The normalized spacial score (nSPS) is 10.8. The van der Waals surface area contributed by atoms with Crippen LogP contribution in [-0.4, -0.2) is 4.98 Å². The highest BCUT2D eigenvalue weighted by molar-refractivity contribution is 5.81. The Morgan fingerprint density at radius 3 is 1.79 bits per heavy atom. The first-order chi connectivity index (χ1) is 8.86. The van der Waals surface area contributed by atoms with E-state index in [9.17, 15) is 0 Å². The van der Waals surface area contributed by atoms with Crippen molar-refractivity contribution in [2.24, 2.45) is 0 Å². The molecule has 1 aromatic carbocycles. The minimum atomic E-state index is 0.788. The third-order valence-corrected chi connectivity index (χ3v) is 4.44. The number of hydrogen-bond acceptors (Lipinski definition) is 2. The van der Waals surface area contributed by atoms with Crippen LogP contribution >= 0.6 is 0 Å². The molecule has 1 aromatic heterocycles. The lowest BCUT2D eigenvalue weighted by Crippen LogP contribution is -2.03. The van der Waals surface area contributed by atoms with Crippen molar-refractivity contribution in [3.05, 3.63) is 45.6 Å². The minimum Gasteiger partial charge on any atom is -0.397 e. The number of hydrogen-bond donors (Lipinski definition) is 1. The molecular formula is C17H22N2. The summed E-state index contributed by atoms with van der Waals surface area (Å²) < 4.78 is 0. The molecule has 0 unspecified atom stereocenters. The number of nitrogens with two attached hydrogens (primary N) is 1. The molecule has 0 radical (unpaired) electrons. The molecule has 0 saturated carbocycles. The second-order valence-electron chi connectivity index (χ2n) is 5.39. The lowest BCUT2D eigenvalue weighted by Gasteiger charge is -2.19. The van der Waals surface area contributed by atoms with Gasteiger partial charge in [-0.2, -0.15) is 0 Å². The Hall–Kier alpha value is -1.83. The van der Waals surface area contributed by atoms with Gasteiger partial charge in [-0.25, -0.2) is 0 Å². The second kappa shape index (κ2) is 4.69. The van der Waals surface area contributed by atoms with E-state index in [-0.39, 0.29) is 0 Å². The van der Waals surface area contributed by atoms with Crippen molar-refractivity contribution in [2.45, 2.75) is 41.5 Å². The summed E-state index contributed by atoms with van der Waals surface area (Å²) in [5.41, 5.74) is 16.8. The number of aromatic nitrogens is 1. The van der Waals surface area contributed by atoms with Gasteiger partial charge < -0.3 is 5.73 Å². The topological polar surface area (TPSA) is 38.9 Å². The van der Waals surface area contributed by atoms with Crippen LogP contribution in [0.4, 0.5) is 5.69 Å². The Labute approximate surface area is 115 Å². The van der Waals surface area contributed by atoms with Gasteiger partial charge in [0.25, 0.3) is 0 Å². The molecule has 0 atom stereocenters. The van der Waals surface area contributed by atoms with Gasteiger partial charge in [0, 0.05) is 11.8 Å². The van der Waals surface area contributed by atoms with Gasteiger partial charge in [-0.15, -0.1) is 0 Å². The fourth-order valence-corrected chi connectivity index (χ4v) is 2.62. The third kappa shape index (κ3) is 2.01. The quantitative estimate of drug-likeness (QED) is 0.829. The van der Waals surface area contributed by atoms with E-state index >= 15 is 0 Å². The number of anilines is 1. The number of nitrogens with zero attached hydrogens (tertiary/aromatic N) is 1. The molecule has 0 aliphatic heterocycles. The molecule has 100 valence electrons. The fraction of sp³-hybridized carbons (Fsp3) is 0.353. The van der Waals surface area contributed by atoms with Crippen LogP contribution in [0.2, 0.25) is 0 Å². The zero-order valence-electron chi connectivity index (χ0n) is 12.7. The van der Waals surface area contributed by atoms with Crippen LogP contribution in [0.3, 0.4) is 0 Å². The zero-order valence-corrected chi connectivity index (χ0v) is 12.7. The van der Waals surface area contributed by atoms with Gasteiger partial charge in [0.05, 0.1) is 11.4 Å². The number of aryl methyl sites for hydroxylation is 1. The third-order valence-electron chi connectivity index (χ3n) is 4.44. The Kier molecular flexibility index (Phi) is 3.36. The zero-order chi connectivity index (χ0) is 14.3. The summed E-state index contributed by atoms with van der Waals surface area (Å²) in [5.74, 6) is 0. The van der Waals surface area contributed by atoms with Crippen LogP contribution in [0.25, 0.3) is 11.3 Å². The Morgan fingerprint density at radius 2 is 1.26 bits per heavy atom. The maximum Gasteiger partial charge on any atom is 0.0939 e. The molecule has 0 fully saturated rings. The smallest absolute Gasteiger partial charge is 0.0939 e. The standard InChI is InChI=1S/C17H22N2/c1-9-7-8-19-17(16(9)18)15-13(5)11(3)10(2)12(4)14(15)6/h7-8H,18H2,1-6H3. The van der Waals surface area contributed by atoms with Crippen LogP contribution in [0.1, 0.15) is 33.4 Å². The summed E-state index contributed by atoms with van der Waals surface area (Å²) >= 11 is 0. The minimum absolute atomic E-state index is 0.788. The van der Waals surface area contributed by atoms with Gasteiger partial charge >= 0.3 is 0 Å². The molecule has 2 N–H and O–H groups in total. The maximum atomic E-state index is 6.23. The molecule has 2 aromatic rings. The summed E-state index contributed by atoms with van der Waals surface area (Å²) in [5, 5.41) is 0. The number of nitrogen functional groups attached to an aromatic ring is 1. The number of rotatable bonds is 1. The van der Waals surface area contributed by atoms with E-state index in [4.69, 9.17) is 5.73 Å². The highest BCUT2D eigenvalue weighted by Crippen LogP contribution is 2.36. The van der Waals surface area contributed by atoms with Crippen LogP contribution in [0, 0.1) is 41.5 Å². The number of pyridine rings is 1. The van der Waals surface area contributed by atoms with Crippen molar-refractivity contribution < 1.29 is 0 Å². The lowest BCUT2D eigenvalue weighted by molar-refractivity contribution is 1.16. The van der Waals surface area contributed by atoms with Gasteiger partial charge in [0.15, 0.2) is 0 Å². The summed E-state index contributed by atoms with van der Waals surface area (Å²) in [6, 6.07) is 1.96. The average Bonchev–Trinajstić information content (AvgIpc) is 2.39. The van der Waals surface area contributed by atoms with Crippen molar-refractivity contribution in [1.82, 2.24) is 4.98 Å². The van der Waals surface area contributed by atoms with Crippen molar-refractivity contribution >= 4 is 5.69 Å². The molecule has 0 aliphatic rings. The maximum absolute atomic E-state index is 6.23. The summed E-state index contributed by atoms with van der Waals surface area (Å²) in [6.07, 6.45) is 1.84.